The first-order valence-corrected chi connectivity index (χ1v) is 19.1. The number of aromatic amines is 1. The van der Waals surface area contributed by atoms with E-state index in [0.717, 1.165) is 41.7 Å². The summed E-state index contributed by atoms with van der Waals surface area (Å²) < 4.78 is 22.3. The Hall–Kier alpha value is -5.61. The number of nitrogens with zero attached hydrogens (tertiary/aromatic N) is 5. The molecule has 4 heterocycles. The van der Waals surface area contributed by atoms with Gasteiger partial charge in [-0.25, -0.2) is 9.78 Å². The lowest BCUT2D eigenvalue weighted by atomic mass is 9.97. The standard InChI is InChI=1S/C39H48ClN7O7.CH2O2/c1-51-32-18-31-30(36(52-2)37(32)53-3)17-27-22-45(23-28-20-42-44-35(28)39(50)54-4)12-5-6-13-46(34(49)16-25-9-7-11-29(40)15-25)24-33(48)41-19-26-10-8-14-47(21-26)38(27)43-31;2-1-3/h7,9,11,15,17-18,20,26H,5-6,8,10,12-14,16,19,21-24H2,1-4H3,(H,41,48)(H,42,44);1H,(H,2,3). The van der Waals surface area contributed by atoms with Gasteiger partial charge in [0.15, 0.2) is 11.5 Å². The lowest BCUT2D eigenvalue weighted by Gasteiger charge is -2.36. The minimum Gasteiger partial charge on any atom is -0.493 e. The lowest BCUT2D eigenvalue weighted by Crippen LogP contribution is -2.46. The van der Waals surface area contributed by atoms with Crippen LogP contribution in [0.3, 0.4) is 0 Å². The fourth-order valence-corrected chi connectivity index (χ4v) is 7.61. The summed E-state index contributed by atoms with van der Waals surface area (Å²) in [6.45, 7) is 3.57. The Bertz CT molecular complexity index is 2030. The van der Waals surface area contributed by atoms with E-state index in [0.29, 0.717) is 91.2 Å². The maximum Gasteiger partial charge on any atom is 0.356 e. The summed E-state index contributed by atoms with van der Waals surface area (Å²) >= 11 is 6.21. The number of pyridine rings is 1. The number of H-pyrrole nitrogens is 1. The van der Waals surface area contributed by atoms with E-state index in [9.17, 15) is 14.4 Å². The Labute approximate surface area is 336 Å². The molecule has 0 saturated carbocycles. The summed E-state index contributed by atoms with van der Waals surface area (Å²) in [6.07, 6.45) is 4.99. The summed E-state index contributed by atoms with van der Waals surface area (Å²) in [4.78, 5) is 59.5. The van der Waals surface area contributed by atoms with Crippen molar-refractivity contribution in [2.75, 3.05) is 72.6 Å². The van der Waals surface area contributed by atoms with Gasteiger partial charge in [-0.15, -0.1) is 0 Å². The van der Waals surface area contributed by atoms with E-state index in [1.54, 1.807) is 44.6 Å². The number of hydrogen-bond acceptors (Lipinski definition) is 12. The van der Waals surface area contributed by atoms with Crippen LogP contribution in [0.2, 0.25) is 5.02 Å². The summed E-state index contributed by atoms with van der Waals surface area (Å²) in [5, 5.41) is 18.3. The van der Waals surface area contributed by atoms with Gasteiger partial charge in [0.05, 0.1) is 53.1 Å². The molecule has 1 atom stereocenters. The average Bonchev–Trinajstić information content (AvgIpc) is 3.67. The number of fused-ring (bicyclic) bond motifs is 5. The molecule has 2 bridgehead atoms. The molecule has 2 amide bonds. The molecule has 0 aliphatic carbocycles. The minimum atomic E-state index is -0.498. The second-order valence-electron chi connectivity index (χ2n) is 13.8. The molecule has 0 spiro atoms. The molecular formula is C40H50ClN7O9. The number of esters is 1. The van der Waals surface area contributed by atoms with Crippen molar-refractivity contribution in [1.29, 1.82) is 0 Å². The zero-order valence-electron chi connectivity index (χ0n) is 32.7. The summed E-state index contributed by atoms with van der Waals surface area (Å²) in [5.41, 5.74) is 3.45. The first-order valence-electron chi connectivity index (χ1n) is 18.7. The molecular weight excluding hydrogens is 758 g/mol. The van der Waals surface area contributed by atoms with E-state index >= 15 is 0 Å². The maximum atomic E-state index is 13.6. The molecule has 0 radical (unpaired) electrons. The number of carbonyl (C=O) groups excluding carboxylic acids is 3. The quantitative estimate of drug-likeness (QED) is 0.169. The number of piperidine rings is 1. The first kappa shape index (κ1) is 42.5. The highest BCUT2D eigenvalue weighted by atomic mass is 35.5. The maximum absolute atomic E-state index is 13.6. The van der Waals surface area contributed by atoms with Crippen molar-refractivity contribution < 1.29 is 43.2 Å². The average molecular weight is 808 g/mol. The van der Waals surface area contributed by atoms with Crippen molar-refractivity contribution >= 4 is 52.6 Å². The van der Waals surface area contributed by atoms with E-state index in [-0.39, 0.29) is 37.2 Å². The van der Waals surface area contributed by atoms with Crippen LogP contribution in [0.1, 0.15) is 52.9 Å². The van der Waals surface area contributed by atoms with Crippen molar-refractivity contribution in [3.63, 3.8) is 0 Å². The predicted molar refractivity (Wildman–Crippen MR) is 213 cm³/mol. The lowest BCUT2D eigenvalue weighted by molar-refractivity contribution is -0.135. The van der Waals surface area contributed by atoms with Gasteiger partial charge < -0.3 is 39.2 Å². The number of benzene rings is 2. The molecule has 4 aromatic rings. The van der Waals surface area contributed by atoms with Gasteiger partial charge in [-0.2, -0.15) is 5.10 Å². The topological polar surface area (TPSA) is 189 Å². The Morgan fingerprint density at radius 1 is 1.00 bits per heavy atom. The molecule has 2 aliphatic rings. The molecule has 1 unspecified atom stereocenters. The van der Waals surface area contributed by atoms with Crippen molar-refractivity contribution in [2.24, 2.45) is 5.92 Å². The van der Waals surface area contributed by atoms with Crippen LogP contribution in [0, 0.1) is 5.92 Å². The van der Waals surface area contributed by atoms with Gasteiger partial charge in [0.1, 0.15) is 11.5 Å². The molecule has 6 rings (SSSR count). The van der Waals surface area contributed by atoms with Gasteiger partial charge in [-0.3, -0.25) is 24.4 Å². The van der Waals surface area contributed by atoms with E-state index < -0.39 is 5.97 Å². The van der Waals surface area contributed by atoms with Gasteiger partial charge >= 0.3 is 5.97 Å². The molecule has 2 aromatic carbocycles. The summed E-state index contributed by atoms with van der Waals surface area (Å²) in [6, 6.07) is 11.2. The number of nitrogens with one attached hydrogen (secondary N) is 2. The number of amides is 2. The Morgan fingerprint density at radius 3 is 2.49 bits per heavy atom. The number of halogens is 1. The Morgan fingerprint density at radius 2 is 1.77 bits per heavy atom. The van der Waals surface area contributed by atoms with Gasteiger partial charge in [-0.1, -0.05) is 23.7 Å². The molecule has 306 valence electrons. The minimum absolute atomic E-state index is 0.0272. The van der Waals surface area contributed by atoms with Gasteiger partial charge in [0, 0.05) is 66.9 Å². The molecule has 2 aromatic heterocycles. The van der Waals surface area contributed by atoms with E-state index in [1.807, 2.05) is 18.2 Å². The number of methoxy groups -OCH3 is 4. The summed E-state index contributed by atoms with van der Waals surface area (Å²) in [7, 11) is 6.10. The van der Waals surface area contributed by atoms with Crippen LogP contribution in [-0.4, -0.2) is 122 Å². The highest BCUT2D eigenvalue weighted by Gasteiger charge is 2.28. The van der Waals surface area contributed by atoms with Crippen LogP contribution >= 0.6 is 11.6 Å². The molecule has 16 nitrogen and oxygen atoms in total. The zero-order chi connectivity index (χ0) is 40.9. The van der Waals surface area contributed by atoms with Gasteiger partial charge in [0.25, 0.3) is 6.47 Å². The second-order valence-corrected chi connectivity index (χ2v) is 14.3. The van der Waals surface area contributed by atoms with Gasteiger partial charge in [0.2, 0.25) is 17.6 Å². The van der Waals surface area contributed by atoms with Crippen LogP contribution in [0.4, 0.5) is 5.82 Å². The second kappa shape index (κ2) is 20.5. The normalized spacial score (nSPS) is 16.7. The SMILES string of the molecule is COC(=O)c1[nH]ncc1CN1CCCCN(C(=O)Cc2cccc(Cl)c2)CC(=O)NCC2CCCN(C2)c2nc3cc(OC)c(OC)c(OC)c3cc2C1.O=CO. The third kappa shape index (κ3) is 10.8. The Balaban J connectivity index is 0.00000200. The Kier molecular flexibility index (Phi) is 15.3. The van der Waals surface area contributed by atoms with Crippen molar-refractivity contribution in [3.8, 4) is 17.2 Å². The molecule has 1 saturated heterocycles. The van der Waals surface area contributed by atoms with E-state index in [4.69, 9.17) is 45.4 Å². The molecule has 2 aliphatic heterocycles. The predicted octanol–water partition coefficient (Wildman–Crippen LogP) is 4.32. The number of ether oxygens (including phenoxy) is 4. The van der Waals surface area contributed by atoms with Gasteiger partial charge in [-0.05, 0) is 61.9 Å². The number of carboxylic acid groups (broad SMARTS) is 1. The highest BCUT2D eigenvalue weighted by Crippen LogP contribution is 2.44. The van der Waals surface area contributed by atoms with Crippen LogP contribution in [0.25, 0.3) is 10.9 Å². The van der Waals surface area contributed by atoms with Crippen LogP contribution in [0.15, 0.2) is 42.6 Å². The van der Waals surface area contributed by atoms with Crippen LogP contribution in [0.5, 0.6) is 17.2 Å². The smallest absolute Gasteiger partial charge is 0.356 e. The van der Waals surface area contributed by atoms with Crippen molar-refractivity contribution in [1.82, 2.24) is 30.3 Å². The molecule has 57 heavy (non-hydrogen) atoms. The van der Waals surface area contributed by atoms with Crippen molar-refractivity contribution in [3.05, 3.63) is 70.0 Å². The molecule has 17 heteroatoms. The first-order chi connectivity index (χ1) is 27.6. The van der Waals surface area contributed by atoms with Crippen LogP contribution in [-0.2, 0) is 38.6 Å². The number of anilines is 1. The van der Waals surface area contributed by atoms with Crippen LogP contribution < -0.4 is 24.4 Å². The monoisotopic (exact) mass is 807 g/mol. The zero-order valence-corrected chi connectivity index (χ0v) is 33.5. The summed E-state index contributed by atoms with van der Waals surface area (Å²) in [5.74, 6) is 1.69. The van der Waals surface area contributed by atoms with E-state index in [2.05, 4.69) is 31.4 Å². The van der Waals surface area contributed by atoms with E-state index in [1.165, 1.54) is 7.11 Å². The fraction of sp³-hybridized carbons (Fsp3) is 0.450. The molecule has 3 N–H and O–H groups in total. The number of rotatable bonds is 8. The number of aromatic nitrogens is 3. The third-order valence-corrected chi connectivity index (χ3v) is 10.3. The van der Waals surface area contributed by atoms with Crippen molar-refractivity contribution in [2.45, 2.75) is 45.2 Å². The highest BCUT2D eigenvalue weighted by molar-refractivity contribution is 6.30. The largest absolute Gasteiger partial charge is 0.493 e. The fourth-order valence-electron chi connectivity index (χ4n) is 7.39. The number of hydrogen-bond donors (Lipinski definition) is 3. The molecule has 1 fully saturated rings. The number of carbonyl (C=O) groups is 4. The third-order valence-electron chi connectivity index (χ3n) is 10.1.